The lowest BCUT2D eigenvalue weighted by Gasteiger charge is -2.35. The smallest absolute Gasteiger partial charge is 0.264 e. The number of nitrogens with zero attached hydrogens (tertiary/aromatic N) is 5. The van der Waals surface area contributed by atoms with Crippen LogP contribution in [0, 0.1) is 12.3 Å². The summed E-state index contributed by atoms with van der Waals surface area (Å²) >= 11 is 0. The van der Waals surface area contributed by atoms with Gasteiger partial charge in [0.05, 0.1) is 54.0 Å². The highest BCUT2D eigenvalue weighted by Gasteiger charge is 2.32. The van der Waals surface area contributed by atoms with Gasteiger partial charge in [0.1, 0.15) is 12.4 Å². The van der Waals surface area contributed by atoms with Crippen molar-refractivity contribution in [3.05, 3.63) is 83.7 Å². The number of hydrogen-bond acceptors (Lipinski definition) is 10. The van der Waals surface area contributed by atoms with Crippen molar-refractivity contribution in [2.75, 3.05) is 42.5 Å². The summed E-state index contributed by atoms with van der Waals surface area (Å²) in [5.41, 5.74) is 3.08. The predicted octanol–water partition coefficient (Wildman–Crippen LogP) is 5.03. The van der Waals surface area contributed by atoms with E-state index in [4.69, 9.17) is 14.5 Å². The van der Waals surface area contributed by atoms with E-state index in [-0.39, 0.29) is 58.2 Å². The molecule has 13 heteroatoms. The molecule has 0 unspecified atom stereocenters. The zero-order valence-corrected chi connectivity index (χ0v) is 28.3. The van der Waals surface area contributed by atoms with Gasteiger partial charge in [-0.3, -0.25) is 9.78 Å². The van der Waals surface area contributed by atoms with Crippen LogP contribution < -0.4 is 14.4 Å². The first kappa shape index (κ1) is 33.2. The summed E-state index contributed by atoms with van der Waals surface area (Å²) < 4.78 is 41.5. The molecule has 1 atom stereocenters. The van der Waals surface area contributed by atoms with Crippen molar-refractivity contribution in [2.45, 2.75) is 51.6 Å². The first-order valence-electron chi connectivity index (χ1n) is 15.9. The molecule has 4 aromatic rings. The first-order chi connectivity index (χ1) is 22.9. The molecule has 252 valence electrons. The van der Waals surface area contributed by atoms with E-state index in [1.54, 1.807) is 29.2 Å². The number of ether oxygens (including phenoxy) is 2. The number of aryl methyl sites for hydroxylation is 1. The number of carbonyl (C=O) groups is 1. The molecule has 6 rings (SSSR count). The Hall–Kier alpha value is -4.75. The number of morpholine rings is 1. The van der Waals surface area contributed by atoms with Gasteiger partial charge in [-0.05, 0) is 60.7 Å². The molecule has 1 saturated heterocycles. The summed E-state index contributed by atoms with van der Waals surface area (Å²) in [5.74, 6) is -0.513. The standard InChI is InChI=1S/C35H40N6O6S/c1-23-7-5-10-30(42)32(23)29-18-31-38-34(37-29)39-48(44,45)28-9-6-8-24(17-28)33(43)41(27(22-47-31)19-35(2,3)4)21-25-11-12-26(20-36-25)40-13-15-46-16-14-40/h5-12,17-18,20,27,42H,13-16,19,21-22H2,1-4H3,(H,37,38,39)/t27-/m1/s1. The molecule has 0 spiro atoms. The van der Waals surface area contributed by atoms with Crippen LogP contribution in [0.1, 0.15) is 48.8 Å². The normalized spacial score (nSPS) is 18.2. The number of aromatic nitrogens is 3. The van der Waals surface area contributed by atoms with Crippen LogP contribution in [0.2, 0.25) is 0 Å². The van der Waals surface area contributed by atoms with Crippen molar-refractivity contribution in [1.29, 1.82) is 0 Å². The van der Waals surface area contributed by atoms with Crippen molar-refractivity contribution in [2.24, 2.45) is 5.41 Å². The Morgan fingerprint density at radius 3 is 2.50 bits per heavy atom. The van der Waals surface area contributed by atoms with Crippen LogP contribution in [0.25, 0.3) is 11.3 Å². The number of anilines is 2. The molecule has 2 aromatic heterocycles. The van der Waals surface area contributed by atoms with Crippen LogP contribution in [-0.4, -0.2) is 78.2 Å². The third kappa shape index (κ3) is 7.52. The summed E-state index contributed by atoms with van der Waals surface area (Å²) in [7, 11) is -4.23. The summed E-state index contributed by atoms with van der Waals surface area (Å²) in [6, 6.07) is 16.0. The summed E-state index contributed by atoms with van der Waals surface area (Å²) in [5, 5.41) is 10.7. The first-order valence-corrected chi connectivity index (χ1v) is 17.4. The van der Waals surface area contributed by atoms with E-state index in [0.29, 0.717) is 30.9 Å². The average molecular weight is 673 g/mol. The zero-order valence-electron chi connectivity index (χ0n) is 27.5. The molecule has 2 aliphatic heterocycles. The largest absolute Gasteiger partial charge is 0.507 e. The van der Waals surface area contributed by atoms with Gasteiger partial charge in [-0.25, -0.2) is 18.1 Å². The molecule has 1 fully saturated rings. The van der Waals surface area contributed by atoms with E-state index in [0.717, 1.165) is 24.3 Å². The van der Waals surface area contributed by atoms with Gasteiger partial charge in [-0.2, -0.15) is 4.98 Å². The lowest BCUT2D eigenvalue weighted by atomic mass is 9.87. The maximum absolute atomic E-state index is 14.4. The van der Waals surface area contributed by atoms with E-state index in [9.17, 15) is 18.3 Å². The lowest BCUT2D eigenvalue weighted by molar-refractivity contribution is 0.0509. The van der Waals surface area contributed by atoms with Crippen LogP contribution in [-0.2, 0) is 21.3 Å². The highest BCUT2D eigenvalue weighted by molar-refractivity contribution is 7.92. The molecule has 12 nitrogen and oxygen atoms in total. The van der Waals surface area contributed by atoms with Crippen molar-refractivity contribution >= 4 is 27.6 Å². The van der Waals surface area contributed by atoms with Gasteiger partial charge in [0, 0.05) is 30.3 Å². The van der Waals surface area contributed by atoms with Crippen LogP contribution in [0.15, 0.2) is 71.8 Å². The zero-order chi connectivity index (χ0) is 34.1. The number of hydrogen-bond donors (Lipinski definition) is 2. The predicted molar refractivity (Wildman–Crippen MR) is 182 cm³/mol. The van der Waals surface area contributed by atoms with Gasteiger partial charge in [0.25, 0.3) is 15.9 Å². The number of phenols is 1. The number of aromatic hydroxyl groups is 1. The SMILES string of the molecule is Cc1cccc(O)c1-c1cc2nc(n1)NS(=O)(=O)c1cccc(c1)C(=O)N(Cc1ccc(N3CCOCC3)cn1)[C@H](CC(C)(C)C)CO2. The summed E-state index contributed by atoms with van der Waals surface area (Å²) in [6.45, 7) is 11.2. The third-order valence-corrected chi connectivity index (χ3v) is 9.64. The maximum Gasteiger partial charge on any atom is 0.264 e. The third-order valence-electron chi connectivity index (χ3n) is 8.32. The highest BCUT2D eigenvalue weighted by Crippen LogP contribution is 2.34. The monoisotopic (exact) mass is 672 g/mol. The van der Waals surface area contributed by atoms with Crippen molar-refractivity contribution < 1.29 is 27.8 Å². The van der Waals surface area contributed by atoms with Gasteiger partial charge in [0.15, 0.2) is 0 Å². The fraction of sp³-hybridized carbons (Fsp3) is 0.371. The molecule has 0 aliphatic carbocycles. The number of nitrogens with one attached hydrogen (secondary N) is 1. The molecule has 0 saturated carbocycles. The van der Waals surface area contributed by atoms with Crippen LogP contribution in [0.4, 0.5) is 11.6 Å². The maximum atomic E-state index is 14.4. The molecule has 1 amide bonds. The number of carbonyl (C=O) groups excluding carboxylic acids is 1. The average Bonchev–Trinajstić information content (AvgIpc) is 3.05. The number of sulfonamides is 1. The van der Waals surface area contributed by atoms with Crippen LogP contribution in [0.5, 0.6) is 11.6 Å². The Balaban J connectivity index is 1.43. The van der Waals surface area contributed by atoms with Gasteiger partial charge < -0.3 is 24.4 Å². The van der Waals surface area contributed by atoms with E-state index in [2.05, 4.69) is 40.4 Å². The fourth-order valence-electron chi connectivity index (χ4n) is 6.01. The topological polar surface area (TPSA) is 147 Å². The number of fused-ring (bicyclic) bond motifs is 4. The lowest BCUT2D eigenvalue weighted by Crippen LogP contribution is -2.45. The van der Waals surface area contributed by atoms with E-state index >= 15 is 0 Å². The Kier molecular flexibility index (Phi) is 9.26. The molecular weight excluding hydrogens is 632 g/mol. The second kappa shape index (κ2) is 13.4. The van der Waals surface area contributed by atoms with Crippen molar-refractivity contribution in [3.63, 3.8) is 0 Å². The molecule has 2 aromatic carbocycles. The molecule has 2 N–H and O–H groups in total. The Morgan fingerprint density at radius 1 is 1.02 bits per heavy atom. The second-order valence-electron chi connectivity index (χ2n) is 13.3. The quantitative estimate of drug-likeness (QED) is 0.296. The molecule has 0 radical (unpaired) electrons. The molecule has 48 heavy (non-hydrogen) atoms. The number of pyridine rings is 1. The van der Waals surface area contributed by atoms with Crippen LogP contribution in [0.3, 0.4) is 0 Å². The minimum absolute atomic E-state index is 0.0198. The van der Waals surface area contributed by atoms with Crippen molar-refractivity contribution in [3.8, 4) is 22.9 Å². The van der Waals surface area contributed by atoms with Crippen LogP contribution >= 0.6 is 0 Å². The number of rotatable bonds is 5. The Morgan fingerprint density at radius 2 is 1.79 bits per heavy atom. The number of benzene rings is 2. The summed E-state index contributed by atoms with van der Waals surface area (Å²) in [4.78, 5) is 31.8. The van der Waals surface area contributed by atoms with Gasteiger partial charge in [-0.1, -0.05) is 39.0 Å². The van der Waals surface area contributed by atoms with Crippen molar-refractivity contribution in [1.82, 2.24) is 19.9 Å². The van der Waals surface area contributed by atoms with E-state index < -0.39 is 16.1 Å². The molecule has 2 aliphatic rings. The highest BCUT2D eigenvalue weighted by atomic mass is 32.2. The van der Waals surface area contributed by atoms with E-state index in [1.807, 2.05) is 31.3 Å². The number of phenolic OH excluding ortho intramolecular Hbond substituents is 1. The van der Waals surface area contributed by atoms with Gasteiger partial charge in [-0.15, -0.1) is 0 Å². The second-order valence-corrected chi connectivity index (χ2v) is 15.0. The number of amides is 1. The van der Waals surface area contributed by atoms with Gasteiger partial charge >= 0.3 is 0 Å². The fourth-order valence-corrected chi connectivity index (χ4v) is 7.00. The molecule has 4 bridgehead atoms. The molecule has 4 heterocycles. The minimum Gasteiger partial charge on any atom is -0.507 e. The molecular formula is C35H40N6O6S. The van der Waals surface area contributed by atoms with E-state index in [1.165, 1.54) is 18.2 Å². The minimum atomic E-state index is -4.23. The van der Waals surface area contributed by atoms with Gasteiger partial charge in [0.2, 0.25) is 11.8 Å². The summed E-state index contributed by atoms with van der Waals surface area (Å²) in [6.07, 6.45) is 2.37. The Bertz CT molecular complexity index is 1890. The Labute approximate surface area is 280 Å².